The average Bonchev–Trinajstić information content (AvgIpc) is 2.64. The lowest BCUT2D eigenvalue weighted by Gasteiger charge is -2.00. The number of pyridine rings is 1. The van der Waals surface area contributed by atoms with Crippen LogP contribution in [0.25, 0.3) is 0 Å². The maximum Gasteiger partial charge on any atom is 0.259 e. The molecular formula is C9H8BrN5O. The molecule has 2 N–H and O–H groups in total. The van der Waals surface area contributed by atoms with Gasteiger partial charge in [-0.1, -0.05) is 0 Å². The fraction of sp³-hybridized carbons (Fsp3) is 0.111. The Morgan fingerprint density at radius 1 is 1.50 bits per heavy atom. The molecule has 2 aromatic rings. The normalized spacial score (nSPS) is 10.1. The number of aromatic nitrogens is 4. The van der Waals surface area contributed by atoms with Crippen molar-refractivity contribution >= 4 is 27.8 Å². The van der Waals surface area contributed by atoms with Crippen LogP contribution in [0.4, 0.5) is 5.95 Å². The number of rotatable bonds is 2. The highest BCUT2D eigenvalue weighted by Crippen LogP contribution is 2.10. The molecule has 0 spiro atoms. The summed E-state index contributed by atoms with van der Waals surface area (Å²) < 4.78 is 0.742. The number of anilines is 1. The van der Waals surface area contributed by atoms with Gasteiger partial charge in [0.2, 0.25) is 5.95 Å². The van der Waals surface area contributed by atoms with E-state index in [4.69, 9.17) is 0 Å². The third kappa shape index (κ3) is 2.43. The number of hydrogen-bond acceptors (Lipinski definition) is 4. The van der Waals surface area contributed by atoms with Crippen LogP contribution in [0.15, 0.2) is 22.9 Å². The van der Waals surface area contributed by atoms with Crippen molar-refractivity contribution < 1.29 is 4.79 Å². The Labute approximate surface area is 99.6 Å². The van der Waals surface area contributed by atoms with Gasteiger partial charge in [0, 0.05) is 16.9 Å². The Morgan fingerprint density at radius 3 is 2.94 bits per heavy atom. The summed E-state index contributed by atoms with van der Waals surface area (Å²) in [4.78, 5) is 19.6. The number of nitrogens with zero attached hydrogens (tertiary/aromatic N) is 3. The topological polar surface area (TPSA) is 83.6 Å². The Kier molecular flexibility index (Phi) is 2.95. The first-order valence-corrected chi connectivity index (χ1v) is 5.25. The van der Waals surface area contributed by atoms with Crippen LogP contribution in [0.2, 0.25) is 0 Å². The number of H-pyrrole nitrogens is 1. The van der Waals surface area contributed by atoms with Crippen molar-refractivity contribution in [2.45, 2.75) is 6.92 Å². The molecule has 0 aliphatic rings. The number of amides is 1. The molecule has 0 unspecified atom stereocenters. The van der Waals surface area contributed by atoms with E-state index >= 15 is 0 Å². The third-order valence-corrected chi connectivity index (χ3v) is 2.22. The van der Waals surface area contributed by atoms with Gasteiger partial charge in [0.15, 0.2) is 0 Å². The predicted molar refractivity (Wildman–Crippen MR) is 61.0 cm³/mol. The molecule has 82 valence electrons. The molecule has 0 aromatic carbocycles. The van der Waals surface area contributed by atoms with E-state index < -0.39 is 0 Å². The second-order valence-electron chi connectivity index (χ2n) is 3.09. The molecule has 0 atom stereocenters. The molecule has 2 aromatic heterocycles. The molecule has 1 amide bonds. The fourth-order valence-electron chi connectivity index (χ4n) is 1.11. The van der Waals surface area contributed by atoms with Crippen molar-refractivity contribution in [1.29, 1.82) is 0 Å². The Morgan fingerprint density at radius 2 is 2.31 bits per heavy atom. The molecular weight excluding hydrogens is 274 g/mol. The van der Waals surface area contributed by atoms with E-state index in [1.54, 1.807) is 19.2 Å². The number of carbonyl (C=O) groups is 1. The van der Waals surface area contributed by atoms with Crippen molar-refractivity contribution in [3.63, 3.8) is 0 Å². The van der Waals surface area contributed by atoms with E-state index in [9.17, 15) is 4.79 Å². The van der Waals surface area contributed by atoms with Crippen LogP contribution in [0.5, 0.6) is 0 Å². The van der Waals surface area contributed by atoms with Gasteiger partial charge in [-0.25, -0.2) is 0 Å². The zero-order valence-electron chi connectivity index (χ0n) is 8.36. The summed E-state index contributed by atoms with van der Waals surface area (Å²) in [6.45, 7) is 1.75. The van der Waals surface area contributed by atoms with Gasteiger partial charge in [-0.2, -0.15) is 4.98 Å². The highest BCUT2D eigenvalue weighted by atomic mass is 79.9. The van der Waals surface area contributed by atoms with Crippen LogP contribution in [-0.2, 0) is 0 Å². The van der Waals surface area contributed by atoms with Crippen molar-refractivity contribution in [1.82, 2.24) is 20.2 Å². The molecule has 0 aliphatic heterocycles. The molecule has 0 radical (unpaired) electrons. The van der Waals surface area contributed by atoms with Crippen LogP contribution in [0, 0.1) is 6.92 Å². The summed E-state index contributed by atoms with van der Waals surface area (Å²) in [5.41, 5.74) is 0.442. The molecule has 0 bridgehead atoms. The maximum absolute atomic E-state index is 11.7. The number of aryl methyl sites for hydroxylation is 1. The van der Waals surface area contributed by atoms with Gasteiger partial charge in [-0.15, -0.1) is 5.10 Å². The molecule has 6 nitrogen and oxygen atoms in total. The molecule has 7 heteroatoms. The van der Waals surface area contributed by atoms with Gasteiger partial charge in [-0.05, 0) is 28.9 Å². The minimum Gasteiger partial charge on any atom is -0.289 e. The molecule has 2 rings (SSSR count). The SMILES string of the molecule is Cc1nc(NC(=O)c2cncc(Br)c2)n[nH]1. The van der Waals surface area contributed by atoms with Crippen molar-refractivity contribution in [3.8, 4) is 0 Å². The number of halogens is 1. The molecule has 0 saturated heterocycles. The van der Waals surface area contributed by atoms with Crippen molar-refractivity contribution in [2.75, 3.05) is 5.32 Å². The standard InChI is InChI=1S/C9H8BrN5O/c1-5-12-9(15-14-5)13-8(16)6-2-7(10)4-11-3-6/h2-4H,1H3,(H2,12,13,14,15,16). The lowest BCUT2D eigenvalue weighted by Crippen LogP contribution is -2.13. The third-order valence-electron chi connectivity index (χ3n) is 1.79. The van der Waals surface area contributed by atoms with Gasteiger partial charge in [0.05, 0.1) is 5.56 Å². The van der Waals surface area contributed by atoms with Crippen molar-refractivity contribution in [3.05, 3.63) is 34.3 Å². The average molecular weight is 282 g/mol. The number of hydrogen-bond donors (Lipinski definition) is 2. The highest BCUT2D eigenvalue weighted by molar-refractivity contribution is 9.10. The molecule has 2 heterocycles. The summed E-state index contributed by atoms with van der Waals surface area (Å²) in [5, 5.41) is 8.99. The second-order valence-corrected chi connectivity index (χ2v) is 4.01. The quantitative estimate of drug-likeness (QED) is 0.874. The molecule has 16 heavy (non-hydrogen) atoms. The predicted octanol–water partition coefficient (Wildman–Crippen LogP) is 1.52. The first-order valence-electron chi connectivity index (χ1n) is 4.46. The van der Waals surface area contributed by atoms with E-state index in [2.05, 4.69) is 41.4 Å². The molecule has 0 fully saturated rings. The Hall–Kier alpha value is -1.76. The van der Waals surface area contributed by atoms with E-state index in [-0.39, 0.29) is 11.9 Å². The van der Waals surface area contributed by atoms with Crippen LogP contribution in [-0.4, -0.2) is 26.1 Å². The summed E-state index contributed by atoms with van der Waals surface area (Å²) in [6.07, 6.45) is 3.08. The van der Waals surface area contributed by atoms with Crippen LogP contribution >= 0.6 is 15.9 Å². The van der Waals surface area contributed by atoms with Gasteiger partial charge in [0.25, 0.3) is 5.91 Å². The van der Waals surface area contributed by atoms with E-state index in [0.29, 0.717) is 11.4 Å². The van der Waals surface area contributed by atoms with E-state index in [1.807, 2.05) is 0 Å². The molecule has 0 saturated carbocycles. The zero-order valence-corrected chi connectivity index (χ0v) is 9.95. The van der Waals surface area contributed by atoms with Crippen LogP contribution in [0.3, 0.4) is 0 Å². The first kappa shape index (κ1) is 10.7. The Bertz CT molecular complexity index is 524. The maximum atomic E-state index is 11.7. The van der Waals surface area contributed by atoms with E-state index in [1.165, 1.54) is 6.20 Å². The summed E-state index contributed by atoms with van der Waals surface area (Å²) >= 11 is 3.24. The van der Waals surface area contributed by atoms with Crippen molar-refractivity contribution in [2.24, 2.45) is 0 Å². The molecule has 0 aliphatic carbocycles. The lowest BCUT2D eigenvalue weighted by molar-refractivity contribution is 0.102. The monoisotopic (exact) mass is 281 g/mol. The zero-order chi connectivity index (χ0) is 11.5. The summed E-state index contributed by atoms with van der Waals surface area (Å²) in [6, 6.07) is 1.67. The van der Waals surface area contributed by atoms with Crippen LogP contribution < -0.4 is 5.32 Å². The lowest BCUT2D eigenvalue weighted by atomic mass is 10.3. The Balaban J connectivity index is 2.14. The van der Waals surface area contributed by atoms with Gasteiger partial charge in [-0.3, -0.25) is 20.2 Å². The minimum absolute atomic E-state index is 0.252. The first-order chi connectivity index (χ1) is 7.65. The smallest absolute Gasteiger partial charge is 0.259 e. The van der Waals surface area contributed by atoms with E-state index in [0.717, 1.165) is 4.47 Å². The number of nitrogens with one attached hydrogen (secondary N) is 2. The fourth-order valence-corrected chi connectivity index (χ4v) is 1.47. The minimum atomic E-state index is -0.298. The largest absolute Gasteiger partial charge is 0.289 e. The highest BCUT2D eigenvalue weighted by Gasteiger charge is 2.09. The van der Waals surface area contributed by atoms with Crippen LogP contribution in [0.1, 0.15) is 16.2 Å². The summed E-state index contributed by atoms with van der Waals surface area (Å²) in [5.74, 6) is 0.595. The second kappa shape index (κ2) is 4.40. The number of aromatic amines is 1. The van der Waals surface area contributed by atoms with Gasteiger partial charge < -0.3 is 0 Å². The van der Waals surface area contributed by atoms with Gasteiger partial charge in [0.1, 0.15) is 5.82 Å². The number of carbonyl (C=O) groups excluding carboxylic acids is 1. The summed E-state index contributed by atoms with van der Waals surface area (Å²) in [7, 11) is 0. The van der Waals surface area contributed by atoms with Gasteiger partial charge >= 0.3 is 0 Å².